The zero-order valence-electron chi connectivity index (χ0n) is 7.79. The highest BCUT2D eigenvalue weighted by molar-refractivity contribution is 5.81. The Morgan fingerprint density at radius 2 is 2.08 bits per heavy atom. The Labute approximate surface area is 74.2 Å². The summed E-state index contributed by atoms with van der Waals surface area (Å²) in [5, 5.41) is 0. The van der Waals surface area contributed by atoms with Crippen LogP contribution in [0.1, 0.15) is 39.0 Å². The van der Waals surface area contributed by atoms with E-state index < -0.39 is 0 Å². The van der Waals surface area contributed by atoms with Crippen molar-refractivity contribution in [2.45, 2.75) is 45.1 Å². The first-order valence-corrected chi connectivity index (χ1v) is 5.09. The molecule has 0 aromatic rings. The lowest BCUT2D eigenvalue weighted by Gasteiger charge is -2.37. The Morgan fingerprint density at radius 3 is 2.92 bits per heavy atom. The van der Waals surface area contributed by atoms with E-state index in [2.05, 4.69) is 11.9 Å². The van der Waals surface area contributed by atoms with Crippen LogP contribution in [0.5, 0.6) is 0 Å². The van der Waals surface area contributed by atoms with E-state index in [0.29, 0.717) is 6.04 Å². The molecule has 2 nitrogen and oxygen atoms in total. The summed E-state index contributed by atoms with van der Waals surface area (Å²) in [5.74, 6) is 2.50. The van der Waals surface area contributed by atoms with E-state index >= 15 is 0 Å². The molecule has 68 valence electrons. The quantitative estimate of drug-likeness (QED) is 0.587. The molecule has 0 aromatic carbocycles. The molecular weight excluding hydrogens is 148 g/mol. The van der Waals surface area contributed by atoms with Gasteiger partial charge in [0.2, 0.25) is 0 Å². The Hall–Kier alpha value is -0.530. The van der Waals surface area contributed by atoms with Gasteiger partial charge >= 0.3 is 0 Å². The van der Waals surface area contributed by atoms with Gasteiger partial charge in [-0.15, -0.1) is 0 Å². The molecule has 2 aliphatic rings. The minimum absolute atomic E-state index is 0.572. The van der Waals surface area contributed by atoms with Crippen molar-refractivity contribution in [2.24, 2.45) is 22.6 Å². The zero-order chi connectivity index (χ0) is 8.55. The summed E-state index contributed by atoms with van der Waals surface area (Å²) in [7, 11) is 0. The van der Waals surface area contributed by atoms with E-state index in [-0.39, 0.29) is 0 Å². The maximum atomic E-state index is 5.78. The van der Waals surface area contributed by atoms with E-state index in [4.69, 9.17) is 5.73 Å². The molecule has 12 heavy (non-hydrogen) atoms. The average Bonchev–Trinajstić information content (AvgIpc) is 2.04. The predicted octanol–water partition coefficient (Wildman–Crippen LogP) is 1.94. The van der Waals surface area contributed by atoms with Gasteiger partial charge in [-0.1, -0.05) is 19.8 Å². The SMILES string of the molecule is C[C@@H]1CC(N)=N[C@@H]2CCCC[C@H]12. The maximum Gasteiger partial charge on any atom is 0.0943 e. The molecule has 1 heterocycles. The van der Waals surface area contributed by atoms with Crippen molar-refractivity contribution in [2.75, 3.05) is 0 Å². The highest BCUT2D eigenvalue weighted by atomic mass is 14.9. The maximum absolute atomic E-state index is 5.78. The van der Waals surface area contributed by atoms with Gasteiger partial charge in [-0.25, -0.2) is 0 Å². The number of hydrogen-bond donors (Lipinski definition) is 1. The van der Waals surface area contributed by atoms with Crippen LogP contribution in [0.3, 0.4) is 0 Å². The van der Waals surface area contributed by atoms with Crippen LogP contribution in [0, 0.1) is 11.8 Å². The van der Waals surface area contributed by atoms with Gasteiger partial charge < -0.3 is 5.73 Å². The fourth-order valence-electron chi connectivity index (χ4n) is 2.71. The van der Waals surface area contributed by atoms with Crippen molar-refractivity contribution in [3.8, 4) is 0 Å². The van der Waals surface area contributed by atoms with Crippen molar-refractivity contribution in [1.82, 2.24) is 0 Å². The van der Waals surface area contributed by atoms with Crippen LogP contribution in [0.25, 0.3) is 0 Å². The molecule has 0 spiro atoms. The summed E-state index contributed by atoms with van der Waals surface area (Å²) in [6, 6.07) is 0.572. The molecule has 0 aromatic heterocycles. The second-order valence-electron chi connectivity index (χ2n) is 4.32. The Bertz CT molecular complexity index is 198. The predicted molar refractivity (Wildman–Crippen MR) is 51.1 cm³/mol. The number of rotatable bonds is 0. The van der Waals surface area contributed by atoms with Gasteiger partial charge in [0.25, 0.3) is 0 Å². The fourth-order valence-corrected chi connectivity index (χ4v) is 2.71. The standard InChI is InChI=1S/C10H18N2/c1-7-6-10(11)12-9-5-3-2-4-8(7)9/h7-9H,2-6H2,1H3,(H2,11,12)/t7-,8-,9-/m1/s1. The fraction of sp³-hybridized carbons (Fsp3) is 0.900. The van der Waals surface area contributed by atoms with Crippen LogP contribution in [-0.4, -0.2) is 11.9 Å². The second kappa shape index (κ2) is 3.08. The smallest absolute Gasteiger partial charge is 0.0943 e. The molecule has 0 bridgehead atoms. The van der Waals surface area contributed by atoms with Crippen LogP contribution in [0.15, 0.2) is 4.99 Å². The largest absolute Gasteiger partial charge is 0.387 e. The van der Waals surface area contributed by atoms with Crippen molar-refractivity contribution >= 4 is 5.84 Å². The van der Waals surface area contributed by atoms with E-state index in [9.17, 15) is 0 Å². The molecule has 0 radical (unpaired) electrons. The molecule has 0 unspecified atom stereocenters. The van der Waals surface area contributed by atoms with Gasteiger partial charge in [-0.2, -0.15) is 0 Å². The van der Waals surface area contributed by atoms with Gasteiger partial charge in [0.05, 0.1) is 11.9 Å². The van der Waals surface area contributed by atoms with E-state index in [1.165, 1.54) is 25.7 Å². The first kappa shape index (κ1) is 8.09. The monoisotopic (exact) mass is 166 g/mol. The van der Waals surface area contributed by atoms with Crippen LogP contribution >= 0.6 is 0 Å². The summed E-state index contributed by atoms with van der Waals surface area (Å²) >= 11 is 0. The summed E-state index contributed by atoms with van der Waals surface area (Å²) in [4.78, 5) is 4.55. The van der Waals surface area contributed by atoms with Crippen LogP contribution in [0.2, 0.25) is 0 Å². The van der Waals surface area contributed by atoms with Crippen LogP contribution in [0.4, 0.5) is 0 Å². The van der Waals surface area contributed by atoms with Gasteiger partial charge in [0, 0.05) is 6.42 Å². The van der Waals surface area contributed by atoms with Gasteiger partial charge in [-0.3, -0.25) is 4.99 Å². The number of aliphatic imine (C=N–C) groups is 1. The number of nitrogens with zero attached hydrogens (tertiary/aromatic N) is 1. The van der Waals surface area contributed by atoms with E-state index in [1.807, 2.05) is 0 Å². The lowest BCUT2D eigenvalue weighted by molar-refractivity contribution is 0.220. The minimum Gasteiger partial charge on any atom is -0.387 e. The Morgan fingerprint density at radius 1 is 1.33 bits per heavy atom. The Kier molecular flexibility index (Phi) is 2.07. The molecule has 0 amide bonds. The Balaban J connectivity index is 2.14. The summed E-state index contributed by atoms with van der Waals surface area (Å²) < 4.78 is 0. The molecule has 1 fully saturated rings. The summed E-state index contributed by atoms with van der Waals surface area (Å²) in [6.07, 6.45) is 6.44. The zero-order valence-corrected chi connectivity index (χ0v) is 7.79. The molecule has 1 aliphatic heterocycles. The number of amidine groups is 1. The number of hydrogen-bond acceptors (Lipinski definition) is 2. The van der Waals surface area contributed by atoms with E-state index in [0.717, 1.165) is 24.1 Å². The third-order valence-electron chi connectivity index (χ3n) is 3.38. The highest BCUT2D eigenvalue weighted by Gasteiger charge is 2.32. The van der Waals surface area contributed by atoms with Gasteiger partial charge in [0.1, 0.15) is 0 Å². The van der Waals surface area contributed by atoms with Crippen molar-refractivity contribution in [3.05, 3.63) is 0 Å². The average molecular weight is 166 g/mol. The number of nitrogens with two attached hydrogens (primary N) is 1. The lowest BCUT2D eigenvalue weighted by Crippen LogP contribution is -2.37. The molecule has 2 N–H and O–H groups in total. The lowest BCUT2D eigenvalue weighted by atomic mass is 9.74. The topological polar surface area (TPSA) is 38.4 Å². The minimum atomic E-state index is 0.572. The number of fused-ring (bicyclic) bond motifs is 1. The van der Waals surface area contributed by atoms with Gasteiger partial charge in [0.15, 0.2) is 0 Å². The normalized spacial score (nSPS) is 41.8. The highest BCUT2D eigenvalue weighted by Crippen LogP contribution is 2.36. The first-order chi connectivity index (χ1) is 5.77. The summed E-state index contributed by atoms with van der Waals surface area (Å²) in [6.45, 7) is 2.32. The van der Waals surface area contributed by atoms with Crippen LogP contribution < -0.4 is 5.73 Å². The third kappa shape index (κ3) is 1.35. The first-order valence-electron chi connectivity index (χ1n) is 5.09. The molecule has 1 saturated carbocycles. The van der Waals surface area contributed by atoms with Crippen molar-refractivity contribution < 1.29 is 0 Å². The van der Waals surface area contributed by atoms with Gasteiger partial charge in [-0.05, 0) is 24.7 Å². The molecule has 2 heteroatoms. The van der Waals surface area contributed by atoms with Crippen LogP contribution in [-0.2, 0) is 0 Å². The molecule has 0 saturated heterocycles. The molecule has 3 atom stereocenters. The molecule has 2 rings (SSSR count). The third-order valence-corrected chi connectivity index (χ3v) is 3.38. The molecule has 1 aliphatic carbocycles. The van der Waals surface area contributed by atoms with Crippen molar-refractivity contribution in [3.63, 3.8) is 0 Å². The summed E-state index contributed by atoms with van der Waals surface area (Å²) in [5.41, 5.74) is 5.78. The van der Waals surface area contributed by atoms with E-state index in [1.54, 1.807) is 0 Å². The molecular formula is C10H18N2. The van der Waals surface area contributed by atoms with Crippen molar-refractivity contribution in [1.29, 1.82) is 0 Å². The second-order valence-corrected chi connectivity index (χ2v) is 4.32.